The molecular formula is C15H19FNO+. The summed E-state index contributed by atoms with van der Waals surface area (Å²) in [5.41, 5.74) is 0.525. The average molecular weight is 248 g/mol. The number of nitrogens with two attached hydrogens (primary N) is 1. The minimum Gasteiger partial charge on any atom is -0.455 e. The van der Waals surface area contributed by atoms with Crippen LogP contribution < -0.4 is 5.32 Å². The highest BCUT2D eigenvalue weighted by molar-refractivity contribution is 5.58. The smallest absolute Gasteiger partial charge is 0.158 e. The van der Waals surface area contributed by atoms with Gasteiger partial charge in [-0.2, -0.15) is 0 Å². The second-order valence-electron chi connectivity index (χ2n) is 4.38. The Morgan fingerprint density at radius 3 is 2.78 bits per heavy atom. The molecule has 2 nitrogen and oxygen atoms in total. The highest BCUT2D eigenvalue weighted by Crippen LogP contribution is 2.24. The first kappa shape index (κ1) is 12.8. The average Bonchev–Trinajstić information content (AvgIpc) is 2.84. The maximum atomic E-state index is 13.6. The van der Waals surface area contributed by atoms with Gasteiger partial charge < -0.3 is 9.73 Å². The SMILES string of the molecule is CCCC[NH2+]Cc1ccc(-c2ccccc2F)o1. The third-order valence-electron chi connectivity index (χ3n) is 2.91. The summed E-state index contributed by atoms with van der Waals surface area (Å²) in [6, 6.07) is 10.4. The van der Waals surface area contributed by atoms with E-state index in [9.17, 15) is 4.39 Å². The molecule has 3 heteroatoms. The van der Waals surface area contributed by atoms with Crippen LogP contribution in [0.1, 0.15) is 25.5 Å². The fourth-order valence-corrected chi connectivity index (χ4v) is 1.89. The van der Waals surface area contributed by atoms with Crippen molar-refractivity contribution >= 4 is 0 Å². The van der Waals surface area contributed by atoms with E-state index in [1.165, 1.54) is 18.9 Å². The summed E-state index contributed by atoms with van der Waals surface area (Å²) in [4.78, 5) is 0. The first-order valence-corrected chi connectivity index (χ1v) is 6.46. The zero-order valence-corrected chi connectivity index (χ0v) is 10.7. The Kier molecular flexibility index (Phi) is 4.53. The van der Waals surface area contributed by atoms with Gasteiger partial charge in [0.15, 0.2) is 5.76 Å². The van der Waals surface area contributed by atoms with Crippen LogP contribution in [0, 0.1) is 5.82 Å². The van der Waals surface area contributed by atoms with Crippen molar-refractivity contribution in [3.8, 4) is 11.3 Å². The van der Waals surface area contributed by atoms with Crippen LogP contribution in [0.4, 0.5) is 4.39 Å². The number of rotatable bonds is 6. The summed E-state index contributed by atoms with van der Waals surface area (Å²) in [5, 5.41) is 2.22. The predicted octanol–water partition coefficient (Wildman–Crippen LogP) is 2.95. The molecule has 1 heterocycles. The Balaban J connectivity index is 2.00. The lowest BCUT2D eigenvalue weighted by Crippen LogP contribution is -2.82. The molecule has 0 radical (unpaired) electrons. The summed E-state index contributed by atoms with van der Waals surface area (Å²) in [6.07, 6.45) is 2.41. The molecule has 0 aliphatic heterocycles. The van der Waals surface area contributed by atoms with E-state index in [1.807, 2.05) is 18.2 Å². The molecule has 0 aliphatic rings. The van der Waals surface area contributed by atoms with Crippen molar-refractivity contribution in [2.75, 3.05) is 6.54 Å². The second-order valence-corrected chi connectivity index (χ2v) is 4.38. The standard InChI is InChI=1S/C15H18FNO/c1-2-3-10-17-11-12-8-9-15(18-12)13-6-4-5-7-14(13)16/h4-9,17H,2-3,10-11H2,1H3/p+1. The fraction of sp³-hybridized carbons (Fsp3) is 0.333. The number of benzene rings is 1. The van der Waals surface area contributed by atoms with Gasteiger partial charge in [-0.05, 0) is 30.7 Å². The molecule has 0 atom stereocenters. The Morgan fingerprint density at radius 1 is 1.17 bits per heavy atom. The number of halogens is 1. The fourth-order valence-electron chi connectivity index (χ4n) is 1.89. The maximum Gasteiger partial charge on any atom is 0.158 e. The van der Waals surface area contributed by atoms with Crippen LogP contribution >= 0.6 is 0 Å². The summed E-state index contributed by atoms with van der Waals surface area (Å²) >= 11 is 0. The lowest BCUT2D eigenvalue weighted by atomic mass is 10.1. The van der Waals surface area contributed by atoms with E-state index in [0.717, 1.165) is 18.8 Å². The Morgan fingerprint density at radius 2 is 2.00 bits per heavy atom. The summed E-state index contributed by atoms with van der Waals surface area (Å²) in [7, 11) is 0. The van der Waals surface area contributed by atoms with E-state index in [0.29, 0.717) is 11.3 Å². The zero-order chi connectivity index (χ0) is 12.8. The molecule has 0 amide bonds. The van der Waals surface area contributed by atoms with Gasteiger partial charge in [-0.1, -0.05) is 25.5 Å². The van der Waals surface area contributed by atoms with Crippen LogP contribution in [-0.4, -0.2) is 6.54 Å². The van der Waals surface area contributed by atoms with E-state index < -0.39 is 0 Å². The minimum atomic E-state index is -0.242. The van der Waals surface area contributed by atoms with Gasteiger partial charge in [0.2, 0.25) is 0 Å². The molecule has 0 saturated carbocycles. The number of hydrogen-bond acceptors (Lipinski definition) is 1. The number of furan rings is 1. The third kappa shape index (κ3) is 3.20. The van der Waals surface area contributed by atoms with Crippen LogP contribution in [0.15, 0.2) is 40.8 Å². The van der Waals surface area contributed by atoms with Crippen molar-refractivity contribution in [3.05, 3.63) is 48.0 Å². The largest absolute Gasteiger partial charge is 0.455 e. The Labute approximate surface area is 107 Å². The molecule has 1 aromatic heterocycles. The monoisotopic (exact) mass is 248 g/mol. The van der Waals surface area contributed by atoms with Gasteiger partial charge in [0.25, 0.3) is 0 Å². The highest BCUT2D eigenvalue weighted by Gasteiger charge is 2.09. The summed E-state index contributed by atoms with van der Waals surface area (Å²) in [5.74, 6) is 1.25. The Bertz CT molecular complexity index is 493. The van der Waals surface area contributed by atoms with Crippen molar-refractivity contribution in [2.45, 2.75) is 26.3 Å². The van der Waals surface area contributed by atoms with Gasteiger partial charge in [0, 0.05) is 0 Å². The molecule has 0 bridgehead atoms. The predicted molar refractivity (Wildman–Crippen MR) is 69.5 cm³/mol. The van der Waals surface area contributed by atoms with E-state index in [1.54, 1.807) is 12.1 Å². The van der Waals surface area contributed by atoms with Gasteiger partial charge in [-0.3, -0.25) is 0 Å². The molecular weight excluding hydrogens is 229 g/mol. The van der Waals surface area contributed by atoms with E-state index >= 15 is 0 Å². The molecule has 0 aliphatic carbocycles. The van der Waals surface area contributed by atoms with Crippen LogP contribution in [0.2, 0.25) is 0 Å². The van der Waals surface area contributed by atoms with Crippen LogP contribution in [0.5, 0.6) is 0 Å². The van der Waals surface area contributed by atoms with Crippen molar-refractivity contribution in [1.29, 1.82) is 0 Å². The molecule has 0 saturated heterocycles. The van der Waals surface area contributed by atoms with Crippen molar-refractivity contribution in [1.82, 2.24) is 0 Å². The number of unbranched alkanes of at least 4 members (excludes halogenated alkanes) is 1. The lowest BCUT2D eigenvalue weighted by Gasteiger charge is -1.99. The van der Waals surface area contributed by atoms with Gasteiger partial charge in [-0.15, -0.1) is 0 Å². The van der Waals surface area contributed by atoms with E-state index in [4.69, 9.17) is 4.42 Å². The molecule has 1 aromatic carbocycles. The second kappa shape index (κ2) is 6.36. The maximum absolute atomic E-state index is 13.6. The normalized spacial score (nSPS) is 10.8. The number of hydrogen-bond donors (Lipinski definition) is 1. The molecule has 0 spiro atoms. The molecule has 18 heavy (non-hydrogen) atoms. The zero-order valence-electron chi connectivity index (χ0n) is 10.7. The summed E-state index contributed by atoms with van der Waals surface area (Å²) < 4.78 is 19.2. The van der Waals surface area contributed by atoms with Gasteiger partial charge in [0.05, 0.1) is 12.1 Å². The van der Waals surface area contributed by atoms with E-state index in [-0.39, 0.29) is 5.82 Å². The molecule has 0 fully saturated rings. The molecule has 2 aromatic rings. The van der Waals surface area contributed by atoms with Crippen molar-refractivity contribution in [2.24, 2.45) is 0 Å². The quantitative estimate of drug-likeness (QED) is 0.783. The van der Waals surface area contributed by atoms with Gasteiger partial charge >= 0.3 is 0 Å². The molecule has 2 N–H and O–H groups in total. The Hall–Kier alpha value is -1.61. The van der Waals surface area contributed by atoms with Crippen LogP contribution in [-0.2, 0) is 6.54 Å². The van der Waals surface area contributed by atoms with Crippen LogP contribution in [0.25, 0.3) is 11.3 Å². The van der Waals surface area contributed by atoms with Crippen molar-refractivity contribution in [3.63, 3.8) is 0 Å². The van der Waals surface area contributed by atoms with Gasteiger partial charge in [-0.25, -0.2) is 4.39 Å². The molecule has 0 unspecified atom stereocenters. The van der Waals surface area contributed by atoms with Crippen LogP contribution in [0.3, 0.4) is 0 Å². The first-order chi connectivity index (χ1) is 8.81. The topological polar surface area (TPSA) is 29.8 Å². The highest BCUT2D eigenvalue weighted by atomic mass is 19.1. The number of quaternary nitrogens is 1. The molecule has 96 valence electrons. The summed E-state index contributed by atoms with van der Waals surface area (Å²) in [6.45, 7) is 4.09. The third-order valence-corrected chi connectivity index (χ3v) is 2.91. The first-order valence-electron chi connectivity index (χ1n) is 6.46. The van der Waals surface area contributed by atoms with Gasteiger partial charge in [0.1, 0.15) is 18.1 Å². The van der Waals surface area contributed by atoms with E-state index in [2.05, 4.69) is 12.2 Å². The lowest BCUT2D eigenvalue weighted by molar-refractivity contribution is -0.672. The molecule has 2 rings (SSSR count). The van der Waals surface area contributed by atoms with Crippen molar-refractivity contribution < 1.29 is 14.1 Å². The minimum absolute atomic E-state index is 0.242.